The van der Waals surface area contributed by atoms with Crippen molar-refractivity contribution in [2.75, 3.05) is 6.26 Å². The molecule has 1 aromatic rings. The van der Waals surface area contributed by atoms with E-state index in [9.17, 15) is 13.2 Å². The van der Waals surface area contributed by atoms with Crippen molar-refractivity contribution < 1.29 is 13.2 Å². The highest BCUT2D eigenvalue weighted by atomic mass is 35.5. The van der Waals surface area contributed by atoms with Crippen molar-refractivity contribution in [1.29, 1.82) is 0 Å². The second kappa shape index (κ2) is 4.16. The molecule has 0 bridgehead atoms. The molecule has 15 heavy (non-hydrogen) atoms. The number of nitrogens with one attached hydrogen (secondary N) is 1. The second-order valence-corrected chi connectivity index (χ2v) is 5.14. The number of hydrogen-bond acceptors (Lipinski definition) is 4. The standard InChI is InChI=1S/C8H9ClN2O3S/c1-5-3-4-6(9)10-7(5)8(12)11-15(2,13)14/h3-4H,1-2H3,(H,11,12). The van der Waals surface area contributed by atoms with Crippen LogP contribution in [0.3, 0.4) is 0 Å². The van der Waals surface area contributed by atoms with Gasteiger partial charge in [-0.2, -0.15) is 0 Å². The number of aryl methyl sites for hydroxylation is 1. The first-order chi connectivity index (χ1) is 6.79. The number of sulfonamides is 1. The van der Waals surface area contributed by atoms with Gasteiger partial charge in [-0.25, -0.2) is 18.1 Å². The molecule has 7 heteroatoms. The number of carbonyl (C=O) groups excluding carboxylic acids is 1. The second-order valence-electron chi connectivity index (χ2n) is 3.00. The molecule has 1 aromatic heterocycles. The SMILES string of the molecule is Cc1ccc(Cl)nc1C(=O)NS(C)(=O)=O. The lowest BCUT2D eigenvalue weighted by Crippen LogP contribution is -2.30. The van der Waals surface area contributed by atoms with Gasteiger partial charge in [0, 0.05) is 0 Å². The molecule has 0 aliphatic heterocycles. The fraction of sp³-hybridized carbons (Fsp3) is 0.250. The van der Waals surface area contributed by atoms with Gasteiger partial charge in [0.15, 0.2) is 0 Å². The molecule has 1 heterocycles. The number of pyridine rings is 1. The van der Waals surface area contributed by atoms with Crippen LogP contribution in [-0.4, -0.2) is 25.6 Å². The molecule has 1 rings (SSSR count). The zero-order valence-electron chi connectivity index (χ0n) is 8.11. The van der Waals surface area contributed by atoms with E-state index >= 15 is 0 Å². The Labute approximate surface area is 92.5 Å². The van der Waals surface area contributed by atoms with E-state index in [4.69, 9.17) is 11.6 Å². The molecule has 82 valence electrons. The van der Waals surface area contributed by atoms with Gasteiger partial charge >= 0.3 is 0 Å². The summed E-state index contributed by atoms with van der Waals surface area (Å²) in [5.41, 5.74) is 0.563. The lowest BCUT2D eigenvalue weighted by molar-refractivity contribution is 0.0976. The van der Waals surface area contributed by atoms with Crippen LogP contribution in [0, 0.1) is 6.92 Å². The van der Waals surface area contributed by atoms with E-state index in [1.165, 1.54) is 6.07 Å². The lowest BCUT2D eigenvalue weighted by Gasteiger charge is -2.04. The minimum atomic E-state index is -3.58. The Morgan fingerprint density at radius 3 is 2.60 bits per heavy atom. The minimum absolute atomic E-state index is 0.00734. The van der Waals surface area contributed by atoms with Gasteiger partial charge in [-0.3, -0.25) is 4.79 Å². The fourth-order valence-electron chi connectivity index (χ4n) is 0.952. The highest BCUT2D eigenvalue weighted by Crippen LogP contribution is 2.10. The van der Waals surface area contributed by atoms with Crippen LogP contribution in [0.25, 0.3) is 0 Å². The summed E-state index contributed by atoms with van der Waals surface area (Å²) in [6.45, 7) is 1.64. The molecule has 0 aromatic carbocycles. The number of halogens is 1. The summed E-state index contributed by atoms with van der Waals surface area (Å²) < 4.78 is 23.5. The summed E-state index contributed by atoms with van der Waals surface area (Å²) in [6.07, 6.45) is 0.894. The van der Waals surface area contributed by atoms with Gasteiger partial charge in [0.05, 0.1) is 6.26 Å². The maximum Gasteiger partial charge on any atom is 0.283 e. The fourth-order valence-corrected chi connectivity index (χ4v) is 1.53. The van der Waals surface area contributed by atoms with E-state index in [2.05, 4.69) is 4.98 Å². The number of carbonyl (C=O) groups is 1. The zero-order valence-corrected chi connectivity index (χ0v) is 9.69. The average molecular weight is 249 g/mol. The summed E-state index contributed by atoms with van der Waals surface area (Å²) in [6, 6.07) is 3.11. The van der Waals surface area contributed by atoms with E-state index in [0.29, 0.717) is 5.56 Å². The number of rotatable bonds is 2. The minimum Gasteiger partial charge on any atom is -0.266 e. The first-order valence-corrected chi connectivity index (χ1v) is 6.22. The van der Waals surface area contributed by atoms with Gasteiger partial charge in [0.25, 0.3) is 5.91 Å². The first-order valence-electron chi connectivity index (χ1n) is 3.95. The number of hydrogen-bond donors (Lipinski definition) is 1. The molecule has 0 saturated heterocycles. The maximum atomic E-state index is 11.4. The van der Waals surface area contributed by atoms with Crippen molar-refractivity contribution in [3.63, 3.8) is 0 Å². The van der Waals surface area contributed by atoms with Crippen molar-refractivity contribution in [2.45, 2.75) is 6.92 Å². The van der Waals surface area contributed by atoms with Crippen molar-refractivity contribution in [3.8, 4) is 0 Å². The summed E-state index contributed by atoms with van der Waals surface area (Å²) in [5.74, 6) is -0.780. The Morgan fingerprint density at radius 2 is 2.07 bits per heavy atom. The average Bonchev–Trinajstić information content (AvgIpc) is 2.06. The van der Waals surface area contributed by atoms with Crippen LogP contribution in [0.4, 0.5) is 0 Å². The summed E-state index contributed by atoms with van der Waals surface area (Å²) in [5, 5.41) is 0.138. The molecular formula is C8H9ClN2O3S. The van der Waals surface area contributed by atoms with Gasteiger partial charge in [-0.05, 0) is 18.6 Å². The molecule has 1 amide bonds. The van der Waals surface area contributed by atoms with Crippen LogP contribution in [0.15, 0.2) is 12.1 Å². The van der Waals surface area contributed by atoms with E-state index in [-0.39, 0.29) is 10.8 Å². The predicted molar refractivity (Wildman–Crippen MR) is 56.3 cm³/mol. The quantitative estimate of drug-likeness (QED) is 0.783. The van der Waals surface area contributed by atoms with Crippen LogP contribution in [-0.2, 0) is 10.0 Å². The third-order valence-electron chi connectivity index (χ3n) is 1.56. The van der Waals surface area contributed by atoms with Gasteiger partial charge in [-0.1, -0.05) is 17.7 Å². The normalized spacial score (nSPS) is 11.1. The molecule has 0 atom stereocenters. The third kappa shape index (κ3) is 3.49. The molecule has 1 N–H and O–H groups in total. The van der Waals surface area contributed by atoms with Gasteiger partial charge in [0.2, 0.25) is 10.0 Å². The molecule has 5 nitrogen and oxygen atoms in total. The van der Waals surface area contributed by atoms with Crippen molar-refractivity contribution in [1.82, 2.24) is 9.71 Å². The molecule has 0 spiro atoms. The summed E-state index contributed by atoms with van der Waals surface area (Å²) in [4.78, 5) is 15.2. The van der Waals surface area contributed by atoms with Crippen molar-refractivity contribution >= 4 is 27.5 Å². The van der Waals surface area contributed by atoms with Crippen molar-refractivity contribution in [2.24, 2.45) is 0 Å². The summed E-state index contributed by atoms with van der Waals surface area (Å²) >= 11 is 5.59. The Balaban J connectivity index is 3.06. The molecule has 0 aliphatic rings. The van der Waals surface area contributed by atoms with Gasteiger partial charge < -0.3 is 0 Å². The molecule has 0 unspecified atom stereocenters. The van der Waals surface area contributed by atoms with E-state index in [1.807, 2.05) is 4.72 Å². The molecular weight excluding hydrogens is 240 g/mol. The van der Waals surface area contributed by atoms with Crippen LogP contribution in [0.2, 0.25) is 5.15 Å². The largest absolute Gasteiger partial charge is 0.283 e. The van der Waals surface area contributed by atoms with E-state index < -0.39 is 15.9 Å². The maximum absolute atomic E-state index is 11.4. The van der Waals surface area contributed by atoms with E-state index in [0.717, 1.165) is 6.26 Å². The van der Waals surface area contributed by atoms with Crippen LogP contribution >= 0.6 is 11.6 Å². The third-order valence-corrected chi connectivity index (χ3v) is 2.32. The van der Waals surface area contributed by atoms with E-state index in [1.54, 1.807) is 13.0 Å². The molecule has 0 saturated carbocycles. The zero-order chi connectivity index (χ0) is 11.6. The number of nitrogens with zero attached hydrogens (tertiary/aromatic N) is 1. The monoisotopic (exact) mass is 248 g/mol. The molecule has 0 radical (unpaired) electrons. The number of aromatic nitrogens is 1. The Hall–Kier alpha value is -1.14. The Kier molecular flexibility index (Phi) is 3.31. The van der Waals surface area contributed by atoms with Gasteiger partial charge in [0.1, 0.15) is 10.8 Å². The first kappa shape index (κ1) is 11.9. The van der Waals surface area contributed by atoms with Crippen LogP contribution in [0.1, 0.15) is 16.1 Å². The Bertz CT molecular complexity index is 499. The summed E-state index contributed by atoms with van der Waals surface area (Å²) in [7, 11) is -3.58. The highest BCUT2D eigenvalue weighted by molar-refractivity contribution is 7.89. The van der Waals surface area contributed by atoms with Crippen LogP contribution in [0.5, 0.6) is 0 Å². The Morgan fingerprint density at radius 1 is 1.47 bits per heavy atom. The molecule has 0 aliphatic carbocycles. The van der Waals surface area contributed by atoms with Crippen LogP contribution < -0.4 is 4.72 Å². The molecule has 0 fully saturated rings. The van der Waals surface area contributed by atoms with Crippen molar-refractivity contribution in [3.05, 3.63) is 28.5 Å². The number of amides is 1. The smallest absolute Gasteiger partial charge is 0.266 e. The highest BCUT2D eigenvalue weighted by Gasteiger charge is 2.15. The lowest BCUT2D eigenvalue weighted by atomic mass is 10.2. The predicted octanol–water partition coefficient (Wildman–Crippen LogP) is 0.733. The topological polar surface area (TPSA) is 76.1 Å². The van der Waals surface area contributed by atoms with Gasteiger partial charge in [-0.15, -0.1) is 0 Å².